The van der Waals surface area contributed by atoms with Crippen LogP contribution in [-0.2, 0) is 16.0 Å². The molecule has 106 valence electrons. The Morgan fingerprint density at radius 3 is 2.90 bits per heavy atom. The number of aliphatic carboxylic acids is 1. The number of fused-ring (bicyclic) bond motifs is 1. The van der Waals surface area contributed by atoms with E-state index in [0.29, 0.717) is 26.1 Å². The van der Waals surface area contributed by atoms with Crippen molar-refractivity contribution in [2.45, 2.75) is 22.6 Å². The van der Waals surface area contributed by atoms with Crippen LogP contribution in [0.5, 0.6) is 0 Å². The van der Waals surface area contributed by atoms with Crippen molar-refractivity contribution in [3.05, 3.63) is 29.8 Å². The molecule has 2 atom stereocenters. The number of carbonyl (C=O) groups excluding carboxylic acids is 1. The van der Waals surface area contributed by atoms with Gasteiger partial charge in [-0.05, 0) is 18.1 Å². The average molecular weight is 292 g/mol. The van der Waals surface area contributed by atoms with E-state index < -0.39 is 12.0 Å². The normalized spacial score (nSPS) is 25.3. The number of nitrogens with one attached hydrogen (secondary N) is 1. The lowest BCUT2D eigenvalue weighted by atomic mass is 10.1. The fourth-order valence-corrected chi connectivity index (χ4v) is 3.96. The molecule has 1 saturated heterocycles. The number of carbonyl (C=O) groups is 2. The van der Waals surface area contributed by atoms with Gasteiger partial charge in [-0.1, -0.05) is 18.2 Å². The van der Waals surface area contributed by atoms with E-state index in [1.54, 1.807) is 11.8 Å². The van der Waals surface area contributed by atoms with E-state index in [9.17, 15) is 14.7 Å². The quantitative estimate of drug-likeness (QED) is 0.835. The Labute approximate surface area is 121 Å². The van der Waals surface area contributed by atoms with Crippen molar-refractivity contribution in [2.24, 2.45) is 0 Å². The van der Waals surface area contributed by atoms with E-state index in [0.717, 1.165) is 4.90 Å². The first-order valence-electron chi connectivity index (χ1n) is 6.65. The number of hydrogen-bond acceptors (Lipinski definition) is 4. The van der Waals surface area contributed by atoms with E-state index in [4.69, 9.17) is 0 Å². The van der Waals surface area contributed by atoms with E-state index in [1.165, 1.54) is 10.5 Å². The summed E-state index contributed by atoms with van der Waals surface area (Å²) in [5, 5.41) is 12.1. The van der Waals surface area contributed by atoms with Gasteiger partial charge in [-0.2, -0.15) is 0 Å². The summed E-state index contributed by atoms with van der Waals surface area (Å²) in [4.78, 5) is 26.5. The molecule has 20 heavy (non-hydrogen) atoms. The van der Waals surface area contributed by atoms with Crippen LogP contribution in [0.1, 0.15) is 5.56 Å². The van der Waals surface area contributed by atoms with Crippen molar-refractivity contribution in [3.8, 4) is 0 Å². The predicted octanol–water partition coefficient (Wildman–Crippen LogP) is 0.588. The number of carboxylic acids is 1. The summed E-state index contributed by atoms with van der Waals surface area (Å²) in [6, 6.07) is 7.23. The second-order valence-corrected chi connectivity index (χ2v) is 6.25. The zero-order chi connectivity index (χ0) is 14.1. The van der Waals surface area contributed by atoms with Crippen LogP contribution in [0.3, 0.4) is 0 Å². The predicted molar refractivity (Wildman–Crippen MR) is 75.8 cm³/mol. The minimum Gasteiger partial charge on any atom is -0.480 e. The lowest BCUT2D eigenvalue weighted by Gasteiger charge is -2.34. The Bertz CT molecular complexity index is 524. The van der Waals surface area contributed by atoms with Gasteiger partial charge in [0, 0.05) is 24.5 Å². The third-order valence-electron chi connectivity index (χ3n) is 3.73. The summed E-state index contributed by atoms with van der Waals surface area (Å²) >= 11 is 1.55. The number of benzene rings is 1. The second-order valence-electron chi connectivity index (χ2n) is 5.01. The number of rotatable bonds is 2. The molecule has 3 rings (SSSR count). The van der Waals surface area contributed by atoms with Gasteiger partial charge in [0.25, 0.3) is 0 Å². The third kappa shape index (κ3) is 2.41. The second kappa shape index (κ2) is 5.46. The minimum absolute atomic E-state index is 0.0555. The van der Waals surface area contributed by atoms with Crippen LogP contribution in [0.2, 0.25) is 0 Å². The topological polar surface area (TPSA) is 69.6 Å². The highest BCUT2D eigenvalue weighted by Gasteiger charge is 2.37. The smallest absolute Gasteiger partial charge is 0.327 e. The van der Waals surface area contributed by atoms with Crippen LogP contribution < -0.4 is 5.32 Å². The summed E-state index contributed by atoms with van der Waals surface area (Å²) in [5.41, 5.74) is 1.18. The van der Waals surface area contributed by atoms with Gasteiger partial charge in [-0.25, -0.2) is 4.79 Å². The largest absolute Gasteiger partial charge is 0.480 e. The van der Waals surface area contributed by atoms with Crippen LogP contribution in [0.4, 0.5) is 0 Å². The summed E-state index contributed by atoms with van der Waals surface area (Å²) in [5.74, 6) is -0.994. The van der Waals surface area contributed by atoms with Crippen LogP contribution in [0, 0.1) is 0 Å². The zero-order valence-corrected chi connectivity index (χ0v) is 11.7. The number of nitrogens with zero attached hydrogens (tertiary/aromatic N) is 1. The first kappa shape index (κ1) is 13.5. The van der Waals surface area contributed by atoms with Crippen molar-refractivity contribution < 1.29 is 14.7 Å². The Kier molecular flexibility index (Phi) is 3.67. The van der Waals surface area contributed by atoms with Gasteiger partial charge in [0.15, 0.2) is 0 Å². The highest BCUT2D eigenvalue weighted by atomic mass is 32.2. The Balaban J connectivity index is 1.75. The summed E-state index contributed by atoms with van der Waals surface area (Å²) in [6.07, 6.45) is 0.690. The molecule has 2 unspecified atom stereocenters. The highest BCUT2D eigenvalue weighted by Crippen LogP contribution is 2.37. The molecule has 1 aromatic carbocycles. The average Bonchev–Trinajstić information content (AvgIpc) is 2.90. The van der Waals surface area contributed by atoms with Gasteiger partial charge in [0.05, 0.1) is 5.25 Å². The van der Waals surface area contributed by atoms with Crippen LogP contribution in [-0.4, -0.2) is 52.8 Å². The summed E-state index contributed by atoms with van der Waals surface area (Å²) < 4.78 is 0. The van der Waals surface area contributed by atoms with Crippen molar-refractivity contribution >= 4 is 23.6 Å². The standard InChI is InChI=1S/C14H16N2O3S/c17-13(16-6-5-15-8-10(16)14(18)19)12-7-9-3-1-2-4-11(9)20-12/h1-4,10,12,15H,5-8H2,(H,18,19). The Morgan fingerprint density at radius 1 is 1.35 bits per heavy atom. The lowest BCUT2D eigenvalue weighted by molar-refractivity contribution is -0.150. The zero-order valence-electron chi connectivity index (χ0n) is 10.9. The van der Waals surface area contributed by atoms with Gasteiger partial charge >= 0.3 is 5.97 Å². The molecule has 2 N–H and O–H groups in total. The number of amides is 1. The van der Waals surface area contributed by atoms with Gasteiger partial charge in [-0.15, -0.1) is 11.8 Å². The molecule has 0 saturated carbocycles. The number of piperazine rings is 1. The fourth-order valence-electron chi connectivity index (χ4n) is 2.69. The van der Waals surface area contributed by atoms with E-state index in [2.05, 4.69) is 5.32 Å². The Morgan fingerprint density at radius 2 is 2.15 bits per heavy atom. The number of hydrogen-bond donors (Lipinski definition) is 2. The van der Waals surface area contributed by atoms with E-state index in [-0.39, 0.29) is 11.2 Å². The van der Waals surface area contributed by atoms with Crippen molar-refractivity contribution in [3.63, 3.8) is 0 Å². The molecule has 2 heterocycles. The summed E-state index contributed by atoms with van der Waals surface area (Å²) in [7, 11) is 0. The highest BCUT2D eigenvalue weighted by molar-refractivity contribution is 8.01. The molecule has 1 fully saturated rings. The van der Waals surface area contributed by atoms with Gasteiger partial charge in [0.2, 0.25) is 5.91 Å². The van der Waals surface area contributed by atoms with E-state index in [1.807, 2.05) is 24.3 Å². The first-order valence-corrected chi connectivity index (χ1v) is 7.53. The molecule has 0 spiro atoms. The third-order valence-corrected chi connectivity index (χ3v) is 5.04. The molecule has 0 aromatic heterocycles. The molecule has 5 nitrogen and oxygen atoms in total. The summed E-state index contributed by atoms with van der Waals surface area (Å²) in [6.45, 7) is 1.44. The number of carboxylic acid groups (broad SMARTS) is 1. The van der Waals surface area contributed by atoms with Crippen LogP contribution >= 0.6 is 11.8 Å². The molecule has 0 radical (unpaired) electrons. The van der Waals surface area contributed by atoms with E-state index >= 15 is 0 Å². The minimum atomic E-state index is -0.939. The molecule has 6 heteroatoms. The van der Waals surface area contributed by atoms with Gasteiger partial charge < -0.3 is 15.3 Å². The Hall–Kier alpha value is -1.53. The molecule has 2 aliphatic rings. The molecular weight excluding hydrogens is 276 g/mol. The lowest BCUT2D eigenvalue weighted by Crippen LogP contribution is -2.58. The SMILES string of the molecule is O=C(O)C1CNCCN1C(=O)C1Cc2ccccc2S1. The molecule has 0 bridgehead atoms. The van der Waals surface area contributed by atoms with Gasteiger partial charge in [0.1, 0.15) is 6.04 Å². The fraction of sp³-hybridized carbons (Fsp3) is 0.429. The van der Waals surface area contributed by atoms with Crippen molar-refractivity contribution in [1.29, 1.82) is 0 Å². The van der Waals surface area contributed by atoms with Crippen molar-refractivity contribution in [2.75, 3.05) is 19.6 Å². The maximum Gasteiger partial charge on any atom is 0.327 e. The maximum atomic E-state index is 12.6. The van der Waals surface area contributed by atoms with Crippen molar-refractivity contribution in [1.82, 2.24) is 10.2 Å². The van der Waals surface area contributed by atoms with Crippen LogP contribution in [0.15, 0.2) is 29.2 Å². The van der Waals surface area contributed by atoms with Gasteiger partial charge in [-0.3, -0.25) is 4.79 Å². The molecule has 1 aromatic rings. The molecular formula is C14H16N2O3S. The molecule has 0 aliphatic carbocycles. The monoisotopic (exact) mass is 292 g/mol. The first-order chi connectivity index (χ1) is 9.66. The maximum absolute atomic E-state index is 12.6. The molecule has 1 amide bonds. The molecule has 2 aliphatic heterocycles. The van der Waals surface area contributed by atoms with Crippen LogP contribution in [0.25, 0.3) is 0 Å². The number of thioether (sulfide) groups is 1.